The van der Waals surface area contributed by atoms with E-state index in [2.05, 4.69) is 21.1 Å². The van der Waals surface area contributed by atoms with E-state index in [0.717, 1.165) is 5.01 Å². The Morgan fingerprint density at radius 3 is 3.15 bits per heavy atom. The molecule has 0 bridgehead atoms. The monoisotopic (exact) mass is 192 g/mol. The van der Waals surface area contributed by atoms with E-state index in [0.29, 0.717) is 11.6 Å². The van der Waals surface area contributed by atoms with Crippen molar-refractivity contribution in [3.05, 3.63) is 24.0 Å². The van der Waals surface area contributed by atoms with Crippen molar-refractivity contribution >= 4 is 11.3 Å². The molecule has 0 saturated heterocycles. The number of thiazole rings is 1. The van der Waals surface area contributed by atoms with Crippen LogP contribution in [-0.4, -0.2) is 22.1 Å². The average molecular weight is 192 g/mol. The number of hydrogen-bond donors (Lipinski definition) is 0. The SMILES string of the molecule is COc1[c]ncc(-c2nccs2)n1. The largest absolute Gasteiger partial charge is 0.479 e. The summed E-state index contributed by atoms with van der Waals surface area (Å²) in [7, 11) is 1.53. The van der Waals surface area contributed by atoms with Crippen LogP contribution in [0.15, 0.2) is 17.8 Å². The number of rotatable bonds is 2. The topological polar surface area (TPSA) is 47.9 Å². The molecule has 2 aromatic rings. The lowest BCUT2D eigenvalue weighted by Crippen LogP contribution is -1.91. The van der Waals surface area contributed by atoms with Gasteiger partial charge in [0.2, 0.25) is 5.88 Å². The van der Waals surface area contributed by atoms with Gasteiger partial charge in [-0.25, -0.2) is 15.0 Å². The third-order valence-electron chi connectivity index (χ3n) is 1.41. The lowest BCUT2D eigenvalue weighted by Gasteiger charge is -1.97. The summed E-state index contributed by atoms with van der Waals surface area (Å²) >= 11 is 1.51. The second-order valence-electron chi connectivity index (χ2n) is 2.21. The molecule has 0 aliphatic rings. The summed E-state index contributed by atoms with van der Waals surface area (Å²) in [5, 5.41) is 2.72. The molecule has 2 heterocycles. The summed E-state index contributed by atoms with van der Waals surface area (Å²) in [4.78, 5) is 12.1. The Morgan fingerprint density at radius 2 is 2.46 bits per heavy atom. The van der Waals surface area contributed by atoms with Crippen molar-refractivity contribution in [3.63, 3.8) is 0 Å². The molecule has 0 fully saturated rings. The Kier molecular flexibility index (Phi) is 2.18. The first-order valence-electron chi connectivity index (χ1n) is 3.59. The van der Waals surface area contributed by atoms with Crippen molar-refractivity contribution in [2.45, 2.75) is 0 Å². The third kappa shape index (κ3) is 1.65. The molecule has 2 rings (SSSR count). The van der Waals surface area contributed by atoms with Crippen LogP contribution in [0, 0.1) is 6.20 Å². The van der Waals surface area contributed by atoms with Gasteiger partial charge < -0.3 is 4.74 Å². The molecule has 4 nitrogen and oxygen atoms in total. The van der Waals surface area contributed by atoms with Crippen LogP contribution in [0.2, 0.25) is 0 Å². The average Bonchev–Trinajstić information content (AvgIpc) is 2.71. The maximum Gasteiger partial charge on any atom is 0.242 e. The normalized spacial score (nSPS) is 9.92. The zero-order valence-electron chi connectivity index (χ0n) is 6.89. The molecule has 0 aliphatic carbocycles. The third-order valence-corrected chi connectivity index (χ3v) is 2.21. The van der Waals surface area contributed by atoms with Gasteiger partial charge in [0, 0.05) is 11.6 Å². The Morgan fingerprint density at radius 1 is 1.54 bits per heavy atom. The molecule has 65 valence electrons. The smallest absolute Gasteiger partial charge is 0.242 e. The van der Waals surface area contributed by atoms with Crippen LogP contribution in [-0.2, 0) is 0 Å². The van der Waals surface area contributed by atoms with Crippen LogP contribution in [0.4, 0.5) is 0 Å². The highest BCUT2D eigenvalue weighted by Gasteiger charge is 2.03. The van der Waals surface area contributed by atoms with E-state index in [1.165, 1.54) is 18.4 Å². The second kappa shape index (κ2) is 3.49. The predicted molar refractivity (Wildman–Crippen MR) is 48.5 cm³/mol. The van der Waals surface area contributed by atoms with E-state index in [-0.39, 0.29) is 0 Å². The standard InChI is InChI=1S/C8H6N3OS/c1-12-7-5-9-4-6(11-7)8-10-2-3-13-8/h2-4H,1H3. The maximum absolute atomic E-state index is 4.90. The molecule has 5 heteroatoms. The van der Waals surface area contributed by atoms with Crippen LogP contribution < -0.4 is 4.74 Å². The van der Waals surface area contributed by atoms with Gasteiger partial charge in [-0.2, -0.15) is 0 Å². The Bertz CT molecular complexity index is 388. The Labute approximate surface area is 79.3 Å². The van der Waals surface area contributed by atoms with Crippen molar-refractivity contribution < 1.29 is 4.74 Å². The number of ether oxygens (including phenoxy) is 1. The van der Waals surface area contributed by atoms with Gasteiger partial charge in [0.25, 0.3) is 0 Å². The highest BCUT2D eigenvalue weighted by atomic mass is 32.1. The van der Waals surface area contributed by atoms with Gasteiger partial charge in [-0.3, -0.25) is 0 Å². The van der Waals surface area contributed by atoms with Crippen molar-refractivity contribution in [1.82, 2.24) is 15.0 Å². The number of nitrogens with zero attached hydrogens (tertiary/aromatic N) is 3. The van der Waals surface area contributed by atoms with Crippen LogP contribution in [0.3, 0.4) is 0 Å². The highest BCUT2D eigenvalue weighted by Crippen LogP contribution is 2.19. The molecule has 0 amide bonds. The van der Waals surface area contributed by atoms with Gasteiger partial charge >= 0.3 is 0 Å². The number of aromatic nitrogens is 3. The molecule has 2 aromatic heterocycles. The summed E-state index contributed by atoms with van der Waals surface area (Å²) in [5.74, 6) is 0.382. The summed E-state index contributed by atoms with van der Waals surface area (Å²) in [6, 6.07) is 0. The van der Waals surface area contributed by atoms with Crippen LogP contribution in [0.25, 0.3) is 10.7 Å². The van der Waals surface area contributed by atoms with Crippen LogP contribution in [0.5, 0.6) is 5.88 Å². The summed E-state index contributed by atoms with van der Waals surface area (Å²) < 4.78 is 4.90. The molecule has 0 aromatic carbocycles. The van der Waals surface area contributed by atoms with Crippen LogP contribution >= 0.6 is 11.3 Å². The first kappa shape index (κ1) is 8.12. The molecular formula is C8H6N3OS. The zero-order valence-corrected chi connectivity index (χ0v) is 7.71. The Hall–Kier alpha value is -1.49. The molecule has 0 spiro atoms. The summed E-state index contributed by atoms with van der Waals surface area (Å²) in [5.41, 5.74) is 0.714. The fourth-order valence-electron chi connectivity index (χ4n) is 0.856. The second-order valence-corrected chi connectivity index (χ2v) is 3.11. The number of methoxy groups -OCH3 is 1. The number of hydrogen-bond acceptors (Lipinski definition) is 5. The van der Waals surface area contributed by atoms with E-state index < -0.39 is 0 Å². The van der Waals surface area contributed by atoms with Gasteiger partial charge in [0.05, 0.1) is 13.3 Å². The van der Waals surface area contributed by atoms with Gasteiger partial charge in [-0.1, -0.05) is 0 Å². The predicted octanol–water partition coefficient (Wildman–Crippen LogP) is 1.41. The van der Waals surface area contributed by atoms with E-state index in [1.54, 1.807) is 12.4 Å². The molecule has 0 atom stereocenters. The lowest BCUT2D eigenvalue weighted by molar-refractivity contribution is 0.395. The molecule has 1 radical (unpaired) electrons. The van der Waals surface area contributed by atoms with Crippen molar-refractivity contribution in [1.29, 1.82) is 0 Å². The van der Waals surface area contributed by atoms with Crippen molar-refractivity contribution in [2.24, 2.45) is 0 Å². The molecule has 0 unspecified atom stereocenters. The van der Waals surface area contributed by atoms with E-state index in [9.17, 15) is 0 Å². The minimum absolute atomic E-state index is 0.382. The van der Waals surface area contributed by atoms with Gasteiger partial charge in [-0.15, -0.1) is 11.3 Å². The lowest BCUT2D eigenvalue weighted by atomic mass is 10.5. The van der Waals surface area contributed by atoms with E-state index >= 15 is 0 Å². The minimum atomic E-state index is 0.382. The van der Waals surface area contributed by atoms with Crippen molar-refractivity contribution in [2.75, 3.05) is 7.11 Å². The highest BCUT2D eigenvalue weighted by molar-refractivity contribution is 7.13. The van der Waals surface area contributed by atoms with E-state index in [4.69, 9.17) is 4.74 Å². The molecular weight excluding hydrogens is 186 g/mol. The minimum Gasteiger partial charge on any atom is -0.479 e. The van der Waals surface area contributed by atoms with Gasteiger partial charge in [-0.05, 0) is 0 Å². The molecule has 0 saturated carbocycles. The Balaban J connectivity index is 2.41. The molecule has 13 heavy (non-hydrogen) atoms. The van der Waals surface area contributed by atoms with Crippen LogP contribution in [0.1, 0.15) is 0 Å². The van der Waals surface area contributed by atoms with Gasteiger partial charge in [0.15, 0.2) is 6.20 Å². The summed E-state index contributed by atoms with van der Waals surface area (Å²) in [6.07, 6.45) is 5.95. The fraction of sp³-hybridized carbons (Fsp3) is 0.125. The van der Waals surface area contributed by atoms with E-state index in [1.807, 2.05) is 5.38 Å². The zero-order chi connectivity index (χ0) is 9.10. The fourth-order valence-corrected chi connectivity index (χ4v) is 1.45. The first-order valence-corrected chi connectivity index (χ1v) is 4.46. The molecule has 0 aliphatic heterocycles. The molecule has 0 N–H and O–H groups in total. The first-order chi connectivity index (χ1) is 6.40. The van der Waals surface area contributed by atoms with Crippen molar-refractivity contribution in [3.8, 4) is 16.6 Å². The quantitative estimate of drug-likeness (QED) is 0.721. The van der Waals surface area contributed by atoms with Gasteiger partial charge in [0.1, 0.15) is 10.7 Å². The maximum atomic E-state index is 4.90. The summed E-state index contributed by atoms with van der Waals surface area (Å²) in [6.45, 7) is 0.